The number of rotatable bonds is 8. The molecule has 0 radical (unpaired) electrons. The molecule has 0 aromatic heterocycles. The van der Waals surface area contributed by atoms with Gasteiger partial charge in [0.1, 0.15) is 0 Å². The molecule has 6 nitrogen and oxygen atoms in total. The molecule has 0 saturated carbocycles. The number of amides is 3. The largest absolute Gasteiger partial charge is 0.350 e. The lowest BCUT2D eigenvalue weighted by atomic mass is 10.1. The fourth-order valence-corrected chi connectivity index (χ4v) is 2.56. The highest BCUT2D eigenvalue weighted by molar-refractivity contribution is 5.96. The first-order valence-corrected chi connectivity index (χ1v) is 9.40. The second-order valence-electron chi connectivity index (χ2n) is 6.75. The van der Waals surface area contributed by atoms with Crippen LogP contribution in [0.2, 0.25) is 0 Å². The molecule has 3 amide bonds. The summed E-state index contributed by atoms with van der Waals surface area (Å²) in [7, 11) is 0. The standard InChI is InChI=1S/C22H27N3O3/c1-4-5-20(26)25-19-10-7-17(8-11-19)13-23-21(27)14-24-22(28)18-9-6-15(2)16(3)12-18/h6-12H,4-5,13-14H2,1-3H3,(H,23,27)(H,24,28)(H,25,26). The van der Waals surface area contributed by atoms with Crippen molar-refractivity contribution in [3.63, 3.8) is 0 Å². The van der Waals surface area contributed by atoms with Crippen molar-refractivity contribution in [2.45, 2.75) is 40.2 Å². The van der Waals surface area contributed by atoms with E-state index in [0.29, 0.717) is 18.5 Å². The summed E-state index contributed by atoms with van der Waals surface area (Å²) in [6.45, 7) is 6.14. The van der Waals surface area contributed by atoms with E-state index in [-0.39, 0.29) is 24.3 Å². The summed E-state index contributed by atoms with van der Waals surface area (Å²) in [6, 6.07) is 12.7. The van der Waals surface area contributed by atoms with Crippen LogP contribution in [0.25, 0.3) is 0 Å². The molecule has 2 aromatic carbocycles. The van der Waals surface area contributed by atoms with Crippen molar-refractivity contribution >= 4 is 23.4 Å². The molecular formula is C22H27N3O3. The van der Waals surface area contributed by atoms with Gasteiger partial charge in [0.2, 0.25) is 11.8 Å². The zero-order valence-electron chi connectivity index (χ0n) is 16.6. The van der Waals surface area contributed by atoms with Crippen LogP contribution in [-0.4, -0.2) is 24.3 Å². The highest BCUT2D eigenvalue weighted by Gasteiger charge is 2.09. The third-order valence-electron chi connectivity index (χ3n) is 4.38. The zero-order valence-corrected chi connectivity index (χ0v) is 16.6. The molecule has 2 aromatic rings. The van der Waals surface area contributed by atoms with Gasteiger partial charge in [-0.15, -0.1) is 0 Å². The van der Waals surface area contributed by atoms with E-state index in [1.165, 1.54) is 0 Å². The normalized spacial score (nSPS) is 10.2. The molecule has 0 aliphatic carbocycles. The van der Waals surface area contributed by atoms with Crippen LogP contribution in [0.4, 0.5) is 5.69 Å². The lowest BCUT2D eigenvalue weighted by Gasteiger charge is -2.09. The van der Waals surface area contributed by atoms with E-state index < -0.39 is 0 Å². The molecule has 0 saturated heterocycles. The summed E-state index contributed by atoms with van der Waals surface area (Å²) in [5.74, 6) is -0.550. The van der Waals surface area contributed by atoms with Crippen molar-refractivity contribution in [3.05, 3.63) is 64.7 Å². The van der Waals surface area contributed by atoms with E-state index in [2.05, 4.69) is 16.0 Å². The number of hydrogen-bond donors (Lipinski definition) is 3. The number of anilines is 1. The molecule has 148 valence electrons. The van der Waals surface area contributed by atoms with E-state index in [1.54, 1.807) is 18.2 Å². The Bertz CT molecular complexity index is 845. The number of carbonyl (C=O) groups is 3. The third kappa shape index (κ3) is 6.54. The number of hydrogen-bond acceptors (Lipinski definition) is 3. The van der Waals surface area contributed by atoms with Crippen molar-refractivity contribution in [1.29, 1.82) is 0 Å². The van der Waals surface area contributed by atoms with Crippen LogP contribution in [0.1, 0.15) is 46.8 Å². The molecule has 0 spiro atoms. The third-order valence-corrected chi connectivity index (χ3v) is 4.38. The summed E-state index contributed by atoms with van der Waals surface area (Å²) in [4.78, 5) is 35.7. The second kappa shape index (κ2) is 10.3. The van der Waals surface area contributed by atoms with Gasteiger partial charge < -0.3 is 16.0 Å². The predicted molar refractivity (Wildman–Crippen MR) is 110 cm³/mol. The predicted octanol–water partition coefficient (Wildman–Crippen LogP) is 3.09. The van der Waals surface area contributed by atoms with Crippen LogP contribution < -0.4 is 16.0 Å². The average Bonchev–Trinajstić information content (AvgIpc) is 2.67. The average molecular weight is 381 g/mol. The second-order valence-corrected chi connectivity index (χ2v) is 6.75. The van der Waals surface area contributed by atoms with Crippen molar-refractivity contribution in [3.8, 4) is 0 Å². The van der Waals surface area contributed by atoms with E-state index in [0.717, 1.165) is 28.8 Å². The van der Waals surface area contributed by atoms with Gasteiger partial charge in [0, 0.05) is 24.2 Å². The molecule has 6 heteroatoms. The first kappa shape index (κ1) is 21.2. The summed E-state index contributed by atoms with van der Waals surface area (Å²) in [5.41, 5.74) is 4.32. The van der Waals surface area contributed by atoms with Crippen LogP contribution in [-0.2, 0) is 16.1 Å². The lowest BCUT2D eigenvalue weighted by molar-refractivity contribution is -0.120. The fourth-order valence-electron chi connectivity index (χ4n) is 2.56. The Hall–Kier alpha value is -3.15. The van der Waals surface area contributed by atoms with Gasteiger partial charge in [0.15, 0.2) is 0 Å². The topological polar surface area (TPSA) is 87.3 Å². The van der Waals surface area contributed by atoms with Crippen molar-refractivity contribution in [2.75, 3.05) is 11.9 Å². The smallest absolute Gasteiger partial charge is 0.251 e. The maximum absolute atomic E-state index is 12.1. The SMILES string of the molecule is CCCC(=O)Nc1ccc(CNC(=O)CNC(=O)c2ccc(C)c(C)c2)cc1. The van der Waals surface area contributed by atoms with Gasteiger partial charge in [0.25, 0.3) is 5.91 Å². The van der Waals surface area contributed by atoms with Crippen LogP contribution in [0.3, 0.4) is 0 Å². The minimum absolute atomic E-state index is 0.0111. The van der Waals surface area contributed by atoms with Gasteiger partial charge >= 0.3 is 0 Å². The molecule has 0 bridgehead atoms. The molecule has 3 N–H and O–H groups in total. The van der Waals surface area contributed by atoms with Crippen molar-refractivity contribution < 1.29 is 14.4 Å². The maximum Gasteiger partial charge on any atom is 0.251 e. The molecule has 0 unspecified atom stereocenters. The first-order valence-electron chi connectivity index (χ1n) is 9.40. The minimum atomic E-state index is -0.273. The number of aryl methyl sites for hydroxylation is 2. The molecule has 0 fully saturated rings. The molecule has 28 heavy (non-hydrogen) atoms. The Morgan fingerprint density at radius 3 is 2.21 bits per heavy atom. The van der Waals surface area contributed by atoms with Crippen molar-refractivity contribution in [1.82, 2.24) is 10.6 Å². The van der Waals surface area contributed by atoms with Gasteiger partial charge in [-0.25, -0.2) is 0 Å². The molecule has 0 aliphatic rings. The van der Waals surface area contributed by atoms with Crippen LogP contribution in [0.15, 0.2) is 42.5 Å². The quantitative estimate of drug-likeness (QED) is 0.657. The Morgan fingerprint density at radius 2 is 1.57 bits per heavy atom. The van der Waals surface area contributed by atoms with Gasteiger partial charge in [-0.05, 0) is 61.2 Å². The Labute approximate surface area is 165 Å². The van der Waals surface area contributed by atoms with E-state index >= 15 is 0 Å². The van der Waals surface area contributed by atoms with Crippen LogP contribution in [0.5, 0.6) is 0 Å². The molecular weight excluding hydrogens is 354 g/mol. The van der Waals surface area contributed by atoms with Gasteiger partial charge in [0.05, 0.1) is 6.54 Å². The maximum atomic E-state index is 12.1. The molecule has 0 aliphatic heterocycles. The zero-order chi connectivity index (χ0) is 20.5. The molecule has 2 rings (SSSR count). The van der Waals surface area contributed by atoms with Crippen LogP contribution in [0, 0.1) is 13.8 Å². The van der Waals surface area contributed by atoms with Crippen LogP contribution >= 0.6 is 0 Å². The van der Waals surface area contributed by atoms with E-state index in [1.807, 2.05) is 45.0 Å². The summed E-state index contributed by atoms with van der Waals surface area (Å²) in [5, 5.41) is 8.21. The monoisotopic (exact) mass is 381 g/mol. The first-order chi connectivity index (χ1) is 13.4. The fraction of sp³-hybridized carbons (Fsp3) is 0.318. The Morgan fingerprint density at radius 1 is 0.857 bits per heavy atom. The lowest BCUT2D eigenvalue weighted by Crippen LogP contribution is -2.36. The number of nitrogens with one attached hydrogen (secondary N) is 3. The van der Waals surface area contributed by atoms with Gasteiger partial charge in [-0.3, -0.25) is 14.4 Å². The van der Waals surface area contributed by atoms with E-state index in [9.17, 15) is 14.4 Å². The molecule has 0 atom stereocenters. The van der Waals surface area contributed by atoms with Gasteiger partial charge in [-0.1, -0.05) is 25.1 Å². The highest BCUT2D eigenvalue weighted by atomic mass is 16.2. The highest BCUT2D eigenvalue weighted by Crippen LogP contribution is 2.11. The molecule has 0 heterocycles. The number of benzene rings is 2. The minimum Gasteiger partial charge on any atom is -0.350 e. The summed E-state index contributed by atoms with van der Waals surface area (Å²) >= 11 is 0. The van der Waals surface area contributed by atoms with E-state index in [4.69, 9.17) is 0 Å². The number of carbonyl (C=O) groups excluding carboxylic acids is 3. The Kier molecular flexibility index (Phi) is 7.75. The Balaban J connectivity index is 1.76. The summed E-state index contributed by atoms with van der Waals surface area (Å²) in [6.07, 6.45) is 1.29. The summed E-state index contributed by atoms with van der Waals surface area (Å²) < 4.78 is 0. The van der Waals surface area contributed by atoms with Gasteiger partial charge in [-0.2, -0.15) is 0 Å². The van der Waals surface area contributed by atoms with Crippen molar-refractivity contribution in [2.24, 2.45) is 0 Å².